The predicted octanol–water partition coefficient (Wildman–Crippen LogP) is -1.55. The minimum Gasteiger partial charge on any atom is -0.481 e. The van der Waals surface area contributed by atoms with E-state index in [0.717, 1.165) is 6.26 Å². The third-order valence-corrected chi connectivity index (χ3v) is 4.01. The van der Waals surface area contributed by atoms with Gasteiger partial charge in [-0.1, -0.05) is 0 Å². The van der Waals surface area contributed by atoms with Crippen LogP contribution in [0.1, 0.15) is 12.8 Å². The second kappa shape index (κ2) is 7.00. The molecule has 0 spiro atoms. The first-order valence-corrected chi connectivity index (χ1v) is 8.30. The third kappa shape index (κ3) is 5.43. The number of carbonyl (C=O) groups excluding carboxylic acids is 1. The number of hydrogen-bond donors (Lipinski definition) is 2. The van der Waals surface area contributed by atoms with Gasteiger partial charge in [0, 0.05) is 12.8 Å². The average Bonchev–Trinajstić information content (AvgIpc) is 2.34. The SMILES string of the molecule is CS(=O)(=O)CCC(N)C(=O)N1CCOCC1CC(=O)O. The number of carbonyl (C=O) groups is 2. The molecule has 1 rings (SSSR count). The minimum absolute atomic E-state index is 0.0226. The Morgan fingerprint density at radius 2 is 2.15 bits per heavy atom. The summed E-state index contributed by atoms with van der Waals surface area (Å²) >= 11 is 0. The zero-order chi connectivity index (χ0) is 15.3. The summed E-state index contributed by atoms with van der Waals surface area (Å²) in [6, 6.07) is -1.50. The molecule has 0 bridgehead atoms. The van der Waals surface area contributed by atoms with Gasteiger partial charge in [0.05, 0.1) is 37.5 Å². The number of morpholine rings is 1. The van der Waals surface area contributed by atoms with Crippen molar-refractivity contribution in [2.75, 3.05) is 31.8 Å². The van der Waals surface area contributed by atoms with Crippen LogP contribution in [0.2, 0.25) is 0 Å². The molecule has 1 aliphatic heterocycles. The van der Waals surface area contributed by atoms with Crippen molar-refractivity contribution in [3.63, 3.8) is 0 Å². The molecule has 20 heavy (non-hydrogen) atoms. The maximum Gasteiger partial charge on any atom is 0.305 e. The first-order chi connectivity index (χ1) is 9.20. The van der Waals surface area contributed by atoms with Crippen LogP contribution in [0.3, 0.4) is 0 Å². The molecule has 2 unspecified atom stereocenters. The Bertz CT molecular complexity index is 464. The van der Waals surface area contributed by atoms with Crippen LogP contribution in [-0.4, -0.2) is 74.2 Å². The van der Waals surface area contributed by atoms with Crippen molar-refractivity contribution < 1.29 is 27.9 Å². The lowest BCUT2D eigenvalue weighted by Gasteiger charge is -2.36. The predicted molar refractivity (Wildman–Crippen MR) is 70.9 cm³/mol. The number of carboxylic acids is 1. The smallest absolute Gasteiger partial charge is 0.305 e. The Kier molecular flexibility index (Phi) is 5.90. The fraction of sp³-hybridized carbons (Fsp3) is 0.818. The van der Waals surface area contributed by atoms with Crippen LogP contribution >= 0.6 is 0 Å². The van der Waals surface area contributed by atoms with Gasteiger partial charge in [0.15, 0.2) is 0 Å². The topological polar surface area (TPSA) is 127 Å². The van der Waals surface area contributed by atoms with Gasteiger partial charge in [-0.3, -0.25) is 9.59 Å². The third-order valence-electron chi connectivity index (χ3n) is 3.04. The Morgan fingerprint density at radius 1 is 1.50 bits per heavy atom. The number of rotatable bonds is 6. The number of amides is 1. The highest BCUT2D eigenvalue weighted by atomic mass is 32.2. The second-order valence-corrected chi connectivity index (χ2v) is 7.14. The van der Waals surface area contributed by atoms with Crippen LogP contribution in [0, 0.1) is 0 Å². The van der Waals surface area contributed by atoms with Crippen molar-refractivity contribution in [3.05, 3.63) is 0 Å². The molecule has 1 saturated heterocycles. The highest BCUT2D eigenvalue weighted by Gasteiger charge is 2.32. The van der Waals surface area contributed by atoms with Gasteiger partial charge in [0.1, 0.15) is 9.84 Å². The Labute approximate surface area is 117 Å². The maximum absolute atomic E-state index is 12.2. The van der Waals surface area contributed by atoms with E-state index in [9.17, 15) is 18.0 Å². The van der Waals surface area contributed by atoms with Crippen LogP contribution in [0.5, 0.6) is 0 Å². The van der Waals surface area contributed by atoms with E-state index < -0.39 is 33.8 Å². The molecular weight excluding hydrogens is 288 g/mol. The first kappa shape index (κ1) is 16.9. The molecule has 0 aromatic heterocycles. The van der Waals surface area contributed by atoms with Gasteiger partial charge in [-0.15, -0.1) is 0 Å². The highest BCUT2D eigenvalue weighted by molar-refractivity contribution is 7.90. The van der Waals surface area contributed by atoms with Crippen molar-refractivity contribution in [2.45, 2.75) is 24.9 Å². The quantitative estimate of drug-likeness (QED) is 0.608. The molecule has 0 saturated carbocycles. The lowest BCUT2D eigenvalue weighted by Crippen LogP contribution is -2.54. The van der Waals surface area contributed by atoms with Crippen LogP contribution < -0.4 is 5.73 Å². The lowest BCUT2D eigenvalue weighted by atomic mass is 10.1. The van der Waals surface area contributed by atoms with Crippen LogP contribution in [-0.2, 0) is 24.2 Å². The molecule has 0 aliphatic carbocycles. The van der Waals surface area contributed by atoms with Crippen molar-refractivity contribution >= 4 is 21.7 Å². The van der Waals surface area contributed by atoms with E-state index in [0.29, 0.717) is 6.61 Å². The summed E-state index contributed by atoms with van der Waals surface area (Å²) in [5.41, 5.74) is 5.70. The zero-order valence-corrected chi connectivity index (χ0v) is 12.1. The van der Waals surface area contributed by atoms with Gasteiger partial charge in [-0.2, -0.15) is 0 Å². The fourth-order valence-corrected chi connectivity index (χ4v) is 2.68. The van der Waals surface area contributed by atoms with E-state index in [4.69, 9.17) is 15.6 Å². The largest absolute Gasteiger partial charge is 0.481 e. The van der Waals surface area contributed by atoms with Crippen LogP contribution in [0.15, 0.2) is 0 Å². The van der Waals surface area contributed by atoms with E-state index in [-0.39, 0.29) is 31.7 Å². The summed E-state index contributed by atoms with van der Waals surface area (Å²) in [5, 5.41) is 8.81. The first-order valence-electron chi connectivity index (χ1n) is 6.24. The molecule has 1 aliphatic rings. The van der Waals surface area contributed by atoms with Crippen LogP contribution in [0.4, 0.5) is 0 Å². The molecule has 3 N–H and O–H groups in total. The molecule has 0 aromatic carbocycles. The number of nitrogens with zero attached hydrogens (tertiary/aromatic N) is 1. The summed E-state index contributed by atoms with van der Waals surface area (Å²) in [6.45, 7) is 0.737. The normalized spacial score (nSPS) is 21.5. The van der Waals surface area contributed by atoms with Gasteiger partial charge < -0.3 is 20.5 Å². The van der Waals surface area contributed by atoms with Gasteiger partial charge in [-0.25, -0.2) is 8.42 Å². The van der Waals surface area contributed by atoms with Gasteiger partial charge in [0.2, 0.25) is 5.91 Å². The molecule has 2 atom stereocenters. The molecule has 116 valence electrons. The van der Waals surface area contributed by atoms with Gasteiger partial charge in [0.25, 0.3) is 0 Å². The van der Waals surface area contributed by atoms with Gasteiger partial charge in [-0.05, 0) is 6.42 Å². The number of aliphatic carboxylic acids is 1. The number of hydrogen-bond acceptors (Lipinski definition) is 6. The van der Waals surface area contributed by atoms with E-state index in [1.165, 1.54) is 4.90 Å². The number of sulfone groups is 1. The molecule has 9 heteroatoms. The Morgan fingerprint density at radius 3 is 2.70 bits per heavy atom. The Balaban J connectivity index is 2.64. The molecule has 0 radical (unpaired) electrons. The summed E-state index contributed by atoms with van der Waals surface area (Å²) in [7, 11) is -3.19. The fourth-order valence-electron chi connectivity index (χ4n) is 1.99. The van der Waals surface area contributed by atoms with E-state index >= 15 is 0 Å². The molecule has 1 fully saturated rings. The number of nitrogens with two attached hydrogens (primary N) is 1. The molecule has 1 heterocycles. The van der Waals surface area contributed by atoms with Gasteiger partial charge >= 0.3 is 5.97 Å². The monoisotopic (exact) mass is 308 g/mol. The standard InChI is InChI=1S/C11H20N2O6S/c1-20(17,18)5-2-9(12)11(16)13-3-4-19-7-8(13)6-10(14)15/h8-9H,2-7,12H2,1H3,(H,14,15). The van der Waals surface area contributed by atoms with Crippen molar-refractivity contribution in [2.24, 2.45) is 5.73 Å². The zero-order valence-electron chi connectivity index (χ0n) is 11.3. The minimum atomic E-state index is -3.19. The molecule has 1 amide bonds. The second-order valence-electron chi connectivity index (χ2n) is 4.88. The number of ether oxygens (including phenoxy) is 1. The highest BCUT2D eigenvalue weighted by Crippen LogP contribution is 2.13. The van der Waals surface area contributed by atoms with Crippen molar-refractivity contribution in [1.29, 1.82) is 0 Å². The summed E-state index contributed by atoms with van der Waals surface area (Å²) < 4.78 is 27.3. The molecule has 8 nitrogen and oxygen atoms in total. The summed E-state index contributed by atoms with van der Waals surface area (Å²) in [6.07, 6.45) is 0.880. The number of carboxylic acid groups (broad SMARTS) is 1. The van der Waals surface area contributed by atoms with Crippen molar-refractivity contribution in [3.8, 4) is 0 Å². The molecule has 0 aromatic rings. The van der Waals surface area contributed by atoms with E-state index in [2.05, 4.69) is 0 Å². The van der Waals surface area contributed by atoms with E-state index in [1.54, 1.807) is 0 Å². The molecular formula is C11H20N2O6S. The average molecular weight is 308 g/mol. The van der Waals surface area contributed by atoms with E-state index in [1.807, 2.05) is 0 Å². The summed E-state index contributed by atoms with van der Waals surface area (Å²) in [4.78, 5) is 24.3. The lowest BCUT2D eigenvalue weighted by molar-refractivity contribution is -0.147. The van der Waals surface area contributed by atoms with Crippen molar-refractivity contribution in [1.82, 2.24) is 4.90 Å². The maximum atomic E-state index is 12.2. The van der Waals surface area contributed by atoms with Crippen LogP contribution in [0.25, 0.3) is 0 Å². The Hall–Kier alpha value is -1.19. The summed E-state index contributed by atoms with van der Waals surface area (Å²) in [5.74, 6) is -1.63.